The summed E-state index contributed by atoms with van der Waals surface area (Å²) in [6.07, 6.45) is 2.00. The fourth-order valence-corrected chi connectivity index (χ4v) is 2.40. The molecule has 0 fully saturated rings. The molecule has 1 radical (unpaired) electrons. The summed E-state index contributed by atoms with van der Waals surface area (Å²) in [5.74, 6) is -0.204. The van der Waals surface area contributed by atoms with E-state index >= 15 is 0 Å². The lowest BCUT2D eigenvalue weighted by atomic mass is 10.0. The van der Waals surface area contributed by atoms with Gasteiger partial charge in [0.1, 0.15) is 0 Å². The van der Waals surface area contributed by atoms with E-state index in [1.165, 1.54) is 0 Å². The van der Waals surface area contributed by atoms with Crippen molar-refractivity contribution in [3.8, 4) is 0 Å². The first-order valence-electron chi connectivity index (χ1n) is 5.77. The summed E-state index contributed by atoms with van der Waals surface area (Å²) >= 11 is 6.01. The van der Waals surface area contributed by atoms with Crippen molar-refractivity contribution in [2.75, 3.05) is 0 Å². The van der Waals surface area contributed by atoms with Gasteiger partial charge in [0.2, 0.25) is 6.29 Å². The molecule has 89 valence electrons. The number of halogens is 1. The van der Waals surface area contributed by atoms with Crippen LogP contribution in [0.1, 0.15) is 18.4 Å². The van der Waals surface area contributed by atoms with Gasteiger partial charge < -0.3 is 4.98 Å². The lowest BCUT2D eigenvalue weighted by Crippen LogP contribution is -1.93. The topological polar surface area (TPSA) is 32.9 Å². The molecule has 0 saturated heterocycles. The Bertz CT molecular complexity index is 745. The zero-order valence-corrected chi connectivity index (χ0v) is 10.6. The van der Waals surface area contributed by atoms with Crippen LogP contribution in [0.15, 0.2) is 36.4 Å². The molecule has 1 aromatic heterocycles. The van der Waals surface area contributed by atoms with Crippen molar-refractivity contribution in [3.05, 3.63) is 47.0 Å². The van der Waals surface area contributed by atoms with Crippen LogP contribution in [0.3, 0.4) is 0 Å². The molecule has 0 saturated carbocycles. The Labute approximate surface area is 110 Å². The number of aromatic nitrogens is 1. The predicted octanol–water partition coefficient (Wildman–Crippen LogP) is 4.19. The first-order valence-corrected chi connectivity index (χ1v) is 6.15. The highest BCUT2D eigenvalue weighted by Gasteiger charge is 2.09. The smallest absolute Gasteiger partial charge is 0.206 e. The summed E-state index contributed by atoms with van der Waals surface area (Å²) in [5, 5.41) is 2.95. The SMILES string of the molecule is CC([C]=O)c1ccc2c(c1)[nH]c1ccc(Cl)cc12. The summed E-state index contributed by atoms with van der Waals surface area (Å²) in [4.78, 5) is 14.0. The number of hydrogen-bond donors (Lipinski definition) is 1. The third kappa shape index (κ3) is 1.70. The number of nitrogens with one attached hydrogen (secondary N) is 1. The van der Waals surface area contributed by atoms with Crippen LogP contribution in [0.5, 0.6) is 0 Å². The summed E-state index contributed by atoms with van der Waals surface area (Å²) in [7, 11) is 0. The van der Waals surface area contributed by atoms with Crippen LogP contribution in [0.2, 0.25) is 5.02 Å². The third-order valence-electron chi connectivity index (χ3n) is 3.26. The van der Waals surface area contributed by atoms with Gasteiger partial charge in [0.25, 0.3) is 0 Å². The highest BCUT2D eigenvalue weighted by atomic mass is 35.5. The largest absolute Gasteiger partial charge is 0.355 e. The molecule has 1 N–H and O–H groups in total. The quantitative estimate of drug-likeness (QED) is 0.733. The standard InChI is InChI=1S/C15H11ClNO/c1-9(8-18)10-2-4-12-13-7-11(16)3-5-14(13)17-15(12)6-10/h2-7,9,17H,1H3. The lowest BCUT2D eigenvalue weighted by molar-refractivity contribution is 0.546. The van der Waals surface area contributed by atoms with E-state index < -0.39 is 0 Å². The Hall–Kier alpha value is -1.80. The number of rotatable bonds is 2. The van der Waals surface area contributed by atoms with Gasteiger partial charge >= 0.3 is 0 Å². The number of hydrogen-bond acceptors (Lipinski definition) is 1. The molecule has 1 atom stereocenters. The van der Waals surface area contributed by atoms with E-state index in [1.54, 1.807) is 0 Å². The van der Waals surface area contributed by atoms with Crippen molar-refractivity contribution in [2.24, 2.45) is 0 Å². The molecule has 1 unspecified atom stereocenters. The molecule has 3 rings (SSSR count). The van der Waals surface area contributed by atoms with Crippen molar-refractivity contribution in [1.82, 2.24) is 4.98 Å². The maximum Gasteiger partial charge on any atom is 0.206 e. The molecular formula is C15H11ClNO. The van der Waals surface area contributed by atoms with Gasteiger partial charge in [-0.2, -0.15) is 0 Å². The second kappa shape index (κ2) is 4.14. The molecule has 1 heterocycles. The molecule has 18 heavy (non-hydrogen) atoms. The van der Waals surface area contributed by atoms with E-state index in [0.717, 1.165) is 32.4 Å². The maximum absolute atomic E-state index is 10.7. The number of aromatic amines is 1. The lowest BCUT2D eigenvalue weighted by Gasteiger charge is -2.02. The van der Waals surface area contributed by atoms with E-state index in [4.69, 9.17) is 11.6 Å². The molecule has 0 aliphatic heterocycles. The summed E-state index contributed by atoms with van der Waals surface area (Å²) in [5.41, 5.74) is 3.04. The Morgan fingerprint density at radius 2 is 1.94 bits per heavy atom. The van der Waals surface area contributed by atoms with Gasteiger partial charge in [-0.15, -0.1) is 0 Å². The minimum atomic E-state index is -0.204. The maximum atomic E-state index is 10.7. The van der Waals surface area contributed by atoms with Crippen LogP contribution in [0.25, 0.3) is 21.8 Å². The number of fused-ring (bicyclic) bond motifs is 3. The Morgan fingerprint density at radius 3 is 2.72 bits per heavy atom. The first-order chi connectivity index (χ1) is 8.69. The second-order valence-electron chi connectivity index (χ2n) is 4.46. The van der Waals surface area contributed by atoms with Crippen molar-refractivity contribution in [1.29, 1.82) is 0 Å². The normalized spacial score (nSPS) is 13.0. The molecule has 0 spiro atoms. The van der Waals surface area contributed by atoms with Crippen LogP contribution in [0, 0.1) is 0 Å². The van der Waals surface area contributed by atoms with Gasteiger partial charge in [0, 0.05) is 32.7 Å². The van der Waals surface area contributed by atoms with E-state index in [0.29, 0.717) is 0 Å². The van der Waals surface area contributed by atoms with Gasteiger partial charge in [-0.05, 0) is 29.8 Å². The molecule has 0 aliphatic rings. The van der Waals surface area contributed by atoms with Crippen LogP contribution >= 0.6 is 11.6 Å². The molecular weight excluding hydrogens is 246 g/mol. The Balaban J connectivity index is 2.30. The molecule has 2 aromatic carbocycles. The van der Waals surface area contributed by atoms with Gasteiger partial charge in [-0.3, -0.25) is 4.79 Å². The summed E-state index contributed by atoms with van der Waals surface area (Å²) < 4.78 is 0. The minimum Gasteiger partial charge on any atom is -0.355 e. The number of H-pyrrole nitrogens is 1. The van der Waals surface area contributed by atoms with Crippen LogP contribution in [-0.4, -0.2) is 11.3 Å². The van der Waals surface area contributed by atoms with Gasteiger partial charge in [0.15, 0.2) is 0 Å². The van der Waals surface area contributed by atoms with E-state index in [1.807, 2.05) is 49.6 Å². The molecule has 2 nitrogen and oxygen atoms in total. The van der Waals surface area contributed by atoms with Gasteiger partial charge in [-0.1, -0.05) is 30.7 Å². The fraction of sp³-hybridized carbons (Fsp3) is 0.133. The Morgan fingerprint density at radius 1 is 1.11 bits per heavy atom. The second-order valence-corrected chi connectivity index (χ2v) is 4.90. The minimum absolute atomic E-state index is 0.204. The Kier molecular flexibility index (Phi) is 2.60. The van der Waals surface area contributed by atoms with Crippen molar-refractivity contribution in [3.63, 3.8) is 0 Å². The molecule has 0 aliphatic carbocycles. The van der Waals surface area contributed by atoms with Crippen LogP contribution in [-0.2, 0) is 4.79 Å². The number of carbonyl (C=O) groups excluding carboxylic acids is 1. The zero-order chi connectivity index (χ0) is 12.7. The highest BCUT2D eigenvalue weighted by molar-refractivity contribution is 6.31. The van der Waals surface area contributed by atoms with Gasteiger partial charge in [-0.25, -0.2) is 0 Å². The summed E-state index contributed by atoms with van der Waals surface area (Å²) in [6.45, 7) is 1.84. The van der Waals surface area contributed by atoms with Gasteiger partial charge in [0.05, 0.1) is 0 Å². The fourth-order valence-electron chi connectivity index (χ4n) is 2.23. The van der Waals surface area contributed by atoms with E-state index in [-0.39, 0.29) is 5.92 Å². The zero-order valence-electron chi connectivity index (χ0n) is 9.83. The summed E-state index contributed by atoms with van der Waals surface area (Å²) in [6, 6.07) is 11.8. The average Bonchev–Trinajstić information content (AvgIpc) is 2.74. The van der Waals surface area contributed by atoms with Crippen molar-refractivity contribution < 1.29 is 4.79 Å². The third-order valence-corrected chi connectivity index (χ3v) is 3.50. The monoisotopic (exact) mass is 256 g/mol. The predicted molar refractivity (Wildman–Crippen MR) is 74.9 cm³/mol. The number of benzene rings is 2. The molecule has 0 amide bonds. The van der Waals surface area contributed by atoms with Crippen LogP contribution in [0.4, 0.5) is 0 Å². The highest BCUT2D eigenvalue weighted by Crippen LogP contribution is 2.29. The van der Waals surface area contributed by atoms with Crippen molar-refractivity contribution >= 4 is 39.7 Å². The van der Waals surface area contributed by atoms with Crippen molar-refractivity contribution in [2.45, 2.75) is 12.8 Å². The molecule has 3 heteroatoms. The average molecular weight is 257 g/mol. The molecule has 0 bridgehead atoms. The van der Waals surface area contributed by atoms with Crippen LogP contribution < -0.4 is 0 Å². The molecule has 3 aromatic rings. The first kappa shape index (κ1) is 11.3. The van der Waals surface area contributed by atoms with E-state index in [9.17, 15) is 4.79 Å². The van der Waals surface area contributed by atoms with E-state index in [2.05, 4.69) is 4.98 Å².